The van der Waals surface area contributed by atoms with Gasteiger partial charge in [0.1, 0.15) is 5.75 Å². The van der Waals surface area contributed by atoms with Crippen LogP contribution in [0.3, 0.4) is 0 Å². The Morgan fingerprint density at radius 3 is 3.08 bits per heavy atom. The van der Waals surface area contributed by atoms with Gasteiger partial charge in [-0.2, -0.15) is 0 Å². The lowest BCUT2D eigenvalue weighted by molar-refractivity contribution is -0.131. The number of carboxylic acid groups (broad SMARTS) is 1. The Morgan fingerprint density at radius 2 is 2.46 bits per heavy atom. The van der Waals surface area contributed by atoms with Gasteiger partial charge in [-0.3, -0.25) is 4.98 Å². The Balaban J connectivity index is 2.93. The van der Waals surface area contributed by atoms with E-state index in [1.165, 1.54) is 19.4 Å². The van der Waals surface area contributed by atoms with E-state index < -0.39 is 5.97 Å². The molecule has 0 aliphatic carbocycles. The maximum atomic E-state index is 10.2. The number of methoxy groups -OCH3 is 1. The highest BCUT2D eigenvalue weighted by Crippen LogP contribution is 2.16. The molecule has 0 saturated carbocycles. The molecule has 0 atom stereocenters. The Bertz CT molecular complexity index is 333. The van der Waals surface area contributed by atoms with Gasteiger partial charge in [0.2, 0.25) is 0 Å². The Kier molecular flexibility index (Phi) is 3.03. The van der Waals surface area contributed by atoms with Crippen LogP contribution in [0.2, 0.25) is 0 Å². The third-order valence-electron chi connectivity index (χ3n) is 1.44. The third-order valence-corrected chi connectivity index (χ3v) is 1.44. The molecule has 0 aliphatic heterocycles. The molecule has 0 fully saturated rings. The van der Waals surface area contributed by atoms with E-state index in [0.29, 0.717) is 11.3 Å². The summed E-state index contributed by atoms with van der Waals surface area (Å²) in [5.41, 5.74) is 0.646. The molecular weight excluding hydrogens is 170 g/mol. The molecule has 0 spiro atoms. The van der Waals surface area contributed by atoms with Gasteiger partial charge in [-0.05, 0) is 12.1 Å². The molecule has 1 rings (SSSR count). The van der Waals surface area contributed by atoms with Crippen LogP contribution in [0.4, 0.5) is 0 Å². The van der Waals surface area contributed by atoms with Gasteiger partial charge in [-0.25, -0.2) is 4.79 Å². The number of aliphatic carboxylic acids is 1. The fourth-order valence-corrected chi connectivity index (χ4v) is 0.866. The minimum Gasteiger partial charge on any atom is -0.496 e. The van der Waals surface area contributed by atoms with Crippen molar-refractivity contribution in [3.05, 3.63) is 30.1 Å². The number of aromatic nitrogens is 1. The van der Waals surface area contributed by atoms with E-state index in [-0.39, 0.29) is 0 Å². The van der Waals surface area contributed by atoms with Crippen molar-refractivity contribution in [1.82, 2.24) is 4.98 Å². The fraction of sp³-hybridized carbons (Fsp3) is 0.111. The maximum Gasteiger partial charge on any atom is 0.328 e. The SMILES string of the molecule is COc1ccncc1C=CC(=O)O. The van der Waals surface area contributed by atoms with Crippen LogP contribution in [-0.2, 0) is 4.79 Å². The second-order valence-corrected chi connectivity index (χ2v) is 2.29. The van der Waals surface area contributed by atoms with Crippen LogP contribution < -0.4 is 4.74 Å². The molecule has 13 heavy (non-hydrogen) atoms. The second-order valence-electron chi connectivity index (χ2n) is 2.29. The van der Waals surface area contributed by atoms with E-state index in [9.17, 15) is 4.79 Å². The number of hydrogen-bond donors (Lipinski definition) is 1. The highest BCUT2D eigenvalue weighted by atomic mass is 16.5. The number of carbonyl (C=O) groups is 1. The van der Waals surface area contributed by atoms with Crippen molar-refractivity contribution >= 4 is 12.0 Å². The first-order valence-electron chi connectivity index (χ1n) is 3.63. The van der Waals surface area contributed by atoms with Gasteiger partial charge in [0.05, 0.1) is 7.11 Å². The number of nitrogens with zero attached hydrogens (tertiary/aromatic N) is 1. The minimum atomic E-state index is -0.995. The lowest BCUT2D eigenvalue weighted by Crippen LogP contribution is -1.89. The zero-order valence-electron chi connectivity index (χ0n) is 7.10. The zero-order valence-corrected chi connectivity index (χ0v) is 7.10. The molecule has 0 saturated heterocycles. The molecule has 0 radical (unpaired) electrons. The molecule has 1 N–H and O–H groups in total. The quantitative estimate of drug-likeness (QED) is 0.708. The molecule has 0 aliphatic rings. The number of carboxylic acids is 1. The highest BCUT2D eigenvalue weighted by molar-refractivity contribution is 5.85. The van der Waals surface area contributed by atoms with Crippen LogP contribution in [0, 0.1) is 0 Å². The highest BCUT2D eigenvalue weighted by Gasteiger charge is 1.97. The monoisotopic (exact) mass is 179 g/mol. The standard InChI is InChI=1S/C9H9NO3/c1-13-8-4-5-10-6-7(8)2-3-9(11)12/h2-6H,1H3,(H,11,12). The molecule has 4 heteroatoms. The normalized spacial score (nSPS) is 10.2. The molecule has 68 valence electrons. The molecule has 1 aromatic heterocycles. The van der Waals surface area contributed by atoms with Gasteiger partial charge >= 0.3 is 5.97 Å². The summed E-state index contributed by atoms with van der Waals surface area (Å²) in [5, 5.41) is 8.39. The van der Waals surface area contributed by atoms with Crippen LogP contribution in [0.15, 0.2) is 24.5 Å². The van der Waals surface area contributed by atoms with Crippen molar-refractivity contribution in [2.24, 2.45) is 0 Å². The molecule has 1 aromatic rings. The molecule has 4 nitrogen and oxygen atoms in total. The van der Waals surface area contributed by atoms with Crippen molar-refractivity contribution in [2.45, 2.75) is 0 Å². The smallest absolute Gasteiger partial charge is 0.328 e. The molecule has 1 heterocycles. The summed E-state index contributed by atoms with van der Waals surface area (Å²) in [6, 6.07) is 1.67. The Morgan fingerprint density at radius 1 is 1.69 bits per heavy atom. The average molecular weight is 179 g/mol. The molecule has 0 amide bonds. The van der Waals surface area contributed by atoms with Crippen molar-refractivity contribution < 1.29 is 14.6 Å². The van der Waals surface area contributed by atoms with Gasteiger partial charge < -0.3 is 9.84 Å². The summed E-state index contributed by atoms with van der Waals surface area (Å²) in [5.74, 6) is -0.390. The van der Waals surface area contributed by atoms with Gasteiger partial charge in [-0.15, -0.1) is 0 Å². The van der Waals surface area contributed by atoms with Crippen LogP contribution in [-0.4, -0.2) is 23.2 Å². The van der Waals surface area contributed by atoms with Crippen LogP contribution >= 0.6 is 0 Å². The van der Waals surface area contributed by atoms with Crippen LogP contribution in [0.25, 0.3) is 6.08 Å². The maximum absolute atomic E-state index is 10.2. The van der Waals surface area contributed by atoms with E-state index in [1.54, 1.807) is 12.3 Å². The number of rotatable bonds is 3. The van der Waals surface area contributed by atoms with Crippen molar-refractivity contribution in [3.63, 3.8) is 0 Å². The number of hydrogen-bond acceptors (Lipinski definition) is 3. The summed E-state index contributed by atoms with van der Waals surface area (Å²) in [6.07, 6.45) is 5.60. The lowest BCUT2D eigenvalue weighted by Gasteiger charge is -2.01. The predicted molar refractivity (Wildman–Crippen MR) is 47.5 cm³/mol. The fourth-order valence-electron chi connectivity index (χ4n) is 0.866. The topological polar surface area (TPSA) is 59.4 Å². The van der Waals surface area contributed by atoms with Crippen molar-refractivity contribution in [1.29, 1.82) is 0 Å². The first kappa shape index (κ1) is 9.25. The van der Waals surface area contributed by atoms with Crippen molar-refractivity contribution in [2.75, 3.05) is 7.11 Å². The summed E-state index contributed by atoms with van der Waals surface area (Å²) < 4.78 is 4.99. The van der Waals surface area contributed by atoms with E-state index in [2.05, 4.69) is 4.98 Å². The first-order valence-corrected chi connectivity index (χ1v) is 3.63. The van der Waals surface area contributed by atoms with Gasteiger partial charge in [0.15, 0.2) is 0 Å². The zero-order chi connectivity index (χ0) is 9.68. The summed E-state index contributed by atoms with van der Waals surface area (Å²) in [7, 11) is 1.52. The Labute approximate surface area is 75.5 Å². The second kappa shape index (κ2) is 4.25. The largest absolute Gasteiger partial charge is 0.496 e. The Hall–Kier alpha value is -1.84. The third kappa shape index (κ3) is 2.59. The van der Waals surface area contributed by atoms with E-state index in [4.69, 9.17) is 9.84 Å². The number of ether oxygens (including phenoxy) is 1. The first-order chi connectivity index (χ1) is 6.24. The van der Waals surface area contributed by atoms with E-state index >= 15 is 0 Å². The lowest BCUT2D eigenvalue weighted by atomic mass is 10.2. The predicted octanol–water partition coefficient (Wildman–Crippen LogP) is 1.19. The summed E-state index contributed by atoms with van der Waals surface area (Å²) in [6.45, 7) is 0. The molecular formula is C9H9NO3. The van der Waals surface area contributed by atoms with Crippen LogP contribution in [0.1, 0.15) is 5.56 Å². The molecule has 0 unspecified atom stereocenters. The van der Waals surface area contributed by atoms with Crippen molar-refractivity contribution in [3.8, 4) is 5.75 Å². The van der Waals surface area contributed by atoms with Gasteiger partial charge in [0, 0.05) is 24.0 Å². The minimum absolute atomic E-state index is 0.604. The van der Waals surface area contributed by atoms with Crippen LogP contribution in [0.5, 0.6) is 5.75 Å². The van der Waals surface area contributed by atoms with E-state index in [1.807, 2.05) is 0 Å². The molecule has 0 bridgehead atoms. The number of pyridine rings is 1. The van der Waals surface area contributed by atoms with E-state index in [0.717, 1.165) is 6.08 Å². The molecule has 0 aromatic carbocycles. The average Bonchev–Trinajstić information content (AvgIpc) is 2.15. The van der Waals surface area contributed by atoms with Gasteiger partial charge in [-0.1, -0.05) is 0 Å². The summed E-state index contributed by atoms with van der Waals surface area (Å²) in [4.78, 5) is 14.1. The van der Waals surface area contributed by atoms with Gasteiger partial charge in [0.25, 0.3) is 0 Å². The summed E-state index contributed by atoms with van der Waals surface area (Å²) >= 11 is 0.